The number of carbonyl (C=O) groups is 1. The number of carbonyl (C=O) groups excluding carboxylic acids is 1. The van der Waals surface area contributed by atoms with Crippen LogP contribution in [-0.4, -0.2) is 43.3 Å². The third-order valence-electron chi connectivity index (χ3n) is 6.17. The molecule has 0 radical (unpaired) electrons. The van der Waals surface area contributed by atoms with Gasteiger partial charge in [0, 0.05) is 40.6 Å². The van der Waals surface area contributed by atoms with Gasteiger partial charge in [-0.3, -0.25) is 9.89 Å². The monoisotopic (exact) mass is 506 g/mol. The number of anilines is 4. The van der Waals surface area contributed by atoms with E-state index in [1.54, 1.807) is 4.52 Å². The summed E-state index contributed by atoms with van der Waals surface area (Å²) in [6.45, 7) is 0.721. The zero-order valence-electron chi connectivity index (χ0n) is 17.8. The maximum Gasteiger partial charge on any atom is 0.247 e. The van der Waals surface area contributed by atoms with Crippen LogP contribution in [0, 0.1) is 0 Å². The SMILES string of the molecule is O=C(Nc1ccc(Br)cc1)[C@@H]1CCCN1c1nc(Nc2cc(C3CC3)[nH]n2)c2cccn2n1. The first-order chi connectivity index (χ1) is 16.1. The number of amides is 1. The minimum absolute atomic E-state index is 0.0538. The Morgan fingerprint density at radius 3 is 2.82 bits per heavy atom. The molecule has 0 bridgehead atoms. The van der Waals surface area contributed by atoms with Crippen molar-refractivity contribution in [3.63, 3.8) is 0 Å². The van der Waals surface area contributed by atoms with E-state index < -0.39 is 0 Å². The molecule has 0 spiro atoms. The summed E-state index contributed by atoms with van der Waals surface area (Å²) in [5.41, 5.74) is 2.77. The molecule has 1 saturated heterocycles. The normalized spacial score (nSPS) is 18.1. The predicted molar refractivity (Wildman–Crippen MR) is 130 cm³/mol. The van der Waals surface area contributed by atoms with Crippen LogP contribution in [0.5, 0.6) is 0 Å². The zero-order chi connectivity index (χ0) is 22.4. The van der Waals surface area contributed by atoms with Crippen molar-refractivity contribution in [3.8, 4) is 0 Å². The number of nitrogens with zero attached hydrogens (tertiary/aromatic N) is 5. The number of nitrogens with one attached hydrogen (secondary N) is 3. The van der Waals surface area contributed by atoms with E-state index in [9.17, 15) is 4.79 Å². The maximum absolute atomic E-state index is 13.1. The minimum Gasteiger partial charge on any atom is -0.327 e. The van der Waals surface area contributed by atoms with Crippen molar-refractivity contribution in [3.05, 3.63) is 58.8 Å². The molecule has 1 aliphatic carbocycles. The average molecular weight is 507 g/mol. The van der Waals surface area contributed by atoms with Crippen LogP contribution in [0.1, 0.15) is 37.3 Å². The molecule has 1 aromatic carbocycles. The van der Waals surface area contributed by atoms with E-state index >= 15 is 0 Å². The van der Waals surface area contributed by atoms with Gasteiger partial charge >= 0.3 is 0 Å². The van der Waals surface area contributed by atoms with Crippen LogP contribution in [-0.2, 0) is 4.79 Å². The van der Waals surface area contributed by atoms with Gasteiger partial charge < -0.3 is 15.5 Å². The van der Waals surface area contributed by atoms with Gasteiger partial charge in [0.05, 0.1) is 0 Å². The molecule has 3 N–H and O–H groups in total. The second-order valence-electron chi connectivity index (χ2n) is 8.55. The first-order valence-electron chi connectivity index (χ1n) is 11.1. The van der Waals surface area contributed by atoms with Gasteiger partial charge in [-0.2, -0.15) is 10.1 Å². The first-order valence-corrected chi connectivity index (χ1v) is 11.9. The summed E-state index contributed by atoms with van der Waals surface area (Å²) < 4.78 is 2.76. The molecule has 1 saturated carbocycles. The minimum atomic E-state index is -0.332. The number of aromatic amines is 1. The van der Waals surface area contributed by atoms with Crippen LogP contribution in [0.25, 0.3) is 5.52 Å². The zero-order valence-corrected chi connectivity index (χ0v) is 19.4. The highest BCUT2D eigenvalue weighted by atomic mass is 79.9. The van der Waals surface area contributed by atoms with Crippen LogP contribution < -0.4 is 15.5 Å². The molecule has 168 valence electrons. The van der Waals surface area contributed by atoms with Crippen molar-refractivity contribution in [1.29, 1.82) is 0 Å². The molecule has 2 aliphatic rings. The second kappa shape index (κ2) is 8.18. The van der Waals surface area contributed by atoms with Crippen LogP contribution in [0.4, 0.5) is 23.3 Å². The van der Waals surface area contributed by atoms with Crippen molar-refractivity contribution in [2.24, 2.45) is 0 Å². The number of aromatic nitrogens is 5. The van der Waals surface area contributed by atoms with Crippen molar-refractivity contribution >= 4 is 50.6 Å². The predicted octanol–water partition coefficient (Wildman–Crippen LogP) is 4.44. The fourth-order valence-corrected chi connectivity index (χ4v) is 4.56. The van der Waals surface area contributed by atoms with E-state index in [1.807, 2.05) is 53.6 Å². The van der Waals surface area contributed by atoms with Gasteiger partial charge in [-0.25, -0.2) is 4.52 Å². The van der Waals surface area contributed by atoms with Gasteiger partial charge in [0.15, 0.2) is 11.6 Å². The highest BCUT2D eigenvalue weighted by molar-refractivity contribution is 9.10. The number of fused-ring (bicyclic) bond motifs is 1. The summed E-state index contributed by atoms with van der Waals surface area (Å²) in [5, 5.41) is 18.6. The molecule has 6 rings (SSSR count). The van der Waals surface area contributed by atoms with Crippen molar-refractivity contribution in [2.45, 2.75) is 37.6 Å². The molecule has 0 unspecified atom stereocenters. The number of benzene rings is 1. The summed E-state index contributed by atoms with van der Waals surface area (Å²) in [4.78, 5) is 19.9. The van der Waals surface area contributed by atoms with Crippen molar-refractivity contribution < 1.29 is 4.79 Å². The van der Waals surface area contributed by atoms with Gasteiger partial charge in [-0.05, 0) is 62.1 Å². The highest BCUT2D eigenvalue weighted by Gasteiger charge is 2.33. The molecule has 2 fully saturated rings. The fourth-order valence-electron chi connectivity index (χ4n) is 4.30. The summed E-state index contributed by atoms with van der Waals surface area (Å²) in [6.07, 6.45) is 5.96. The van der Waals surface area contributed by atoms with E-state index in [0.29, 0.717) is 17.7 Å². The molecule has 10 heteroatoms. The number of hydrogen-bond donors (Lipinski definition) is 3. The summed E-state index contributed by atoms with van der Waals surface area (Å²) >= 11 is 3.42. The first kappa shape index (κ1) is 20.2. The van der Waals surface area contributed by atoms with Gasteiger partial charge in [0.1, 0.15) is 11.6 Å². The Bertz CT molecular complexity index is 1310. The average Bonchev–Trinajstić information content (AvgIpc) is 3.20. The second-order valence-corrected chi connectivity index (χ2v) is 9.47. The summed E-state index contributed by atoms with van der Waals surface area (Å²) in [7, 11) is 0. The van der Waals surface area contributed by atoms with Gasteiger partial charge in [-0.1, -0.05) is 15.9 Å². The Morgan fingerprint density at radius 1 is 1.15 bits per heavy atom. The Morgan fingerprint density at radius 2 is 2.00 bits per heavy atom. The molecule has 33 heavy (non-hydrogen) atoms. The fraction of sp³-hybridized carbons (Fsp3) is 0.304. The van der Waals surface area contributed by atoms with E-state index in [4.69, 9.17) is 10.1 Å². The van der Waals surface area contributed by atoms with E-state index in [-0.39, 0.29) is 11.9 Å². The Kier molecular flexibility index (Phi) is 5.01. The van der Waals surface area contributed by atoms with Gasteiger partial charge in [0.25, 0.3) is 0 Å². The molecular weight excluding hydrogens is 484 g/mol. The van der Waals surface area contributed by atoms with Crippen LogP contribution >= 0.6 is 15.9 Å². The quantitative estimate of drug-likeness (QED) is 0.357. The number of hydrogen-bond acceptors (Lipinski definition) is 6. The Labute approximate surface area is 198 Å². The lowest BCUT2D eigenvalue weighted by molar-refractivity contribution is -0.117. The molecule has 1 amide bonds. The van der Waals surface area contributed by atoms with E-state index in [0.717, 1.165) is 46.6 Å². The smallest absolute Gasteiger partial charge is 0.247 e. The maximum atomic E-state index is 13.1. The van der Waals surface area contributed by atoms with Gasteiger partial charge in [-0.15, -0.1) is 5.10 Å². The Balaban J connectivity index is 1.27. The van der Waals surface area contributed by atoms with Crippen LogP contribution in [0.3, 0.4) is 0 Å². The number of H-pyrrole nitrogens is 1. The number of halogens is 1. The third-order valence-corrected chi connectivity index (χ3v) is 6.69. The van der Waals surface area contributed by atoms with Crippen molar-refractivity contribution in [2.75, 3.05) is 22.1 Å². The highest BCUT2D eigenvalue weighted by Crippen LogP contribution is 2.39. The molecule has 9 nitrogen and oxygen atoms in total. The summed E-state index contributed by atoms with van der Waals surface area (Å²) in [5.74, 6) is 2.46. The lowest BCUT2D eigenvalue weighted by atomic mass is 10.2. The van der Waals surface area contributed by atoms with Gasteiger partial charge in [0.2, 0.25) is 11.9 Å². The topological polar surface area (TPSA) is 103 Å². The van der Waals surface area contributed by atoms with Crippen molar-refractivity contribution in [1.82, 2.24) is 24.8 Å². The molecule has 1 atom stereocenters. The van der Waals surface area contributed by atoms with E-state index in [2.05, 4.69) is 36.8 Å². The molecule has 3 aromatic heterocycles. The number of rotatable bonds is 6. The lowest BCUT2D eigenvalue weighted by Crippen LogP contribution is -2.40. The molecule has 1 aliphatic heterocycles. The molecule has 4 aromatic rings. The van der Waals surface area contributed by atoms with Crippen LogP contribution in [0.15, 0.2) is 53.1 Å². The molecular formula is C23H23BrN8O. The summed E-state index contributed by atoms with van der Waals surface area (Å²) in [6, 6.07) is 13.2. The van der Waals surface area contributed by atoms with E-state index in [1.165, 1.54) is 12.8 Å². The molecule has 4 heterocycles. The van der Waals surface area contributed by atoms with Crippen LogP contribution in [0.2, 0.25) is 0 Å². The largest absolute Gasteiger partial charge is 0.327 e. The standard InChI is InChI=1S/C23H23BrN8O/c24-15-7-9-16(10-8-15)25-22(33)19-4-1-11-31(19)23-27-21(18-3-2-12-32(18)30-23)26-20-13-17(28-29-20)14-5-6-14/h2-3,7-10,12-14,19H,1,4-6,11H2,(H,25,33)(H2,26,27,28,29,30)/t19-/m0/s1. The lowest BCUT2D eigenvalue weighted by Gasteiger charge is -2.24. The third kappa shape index (κ3) is 4.06. The Hall–Kier alpha value is -3.40.